The molecule has 0 fully saturated rings. The molecule has 4 nitrogen and oxygen atoms in total. The van der Waals surface area contributed by atoms with E-state index in [1.54, 1.807) is 12.1 Å². The summed E-state index contributed by atoms with van der Waals surface area (Å²) in [7, 11) is 0. The predicted octanol–water partition coefficient (Wildman–Crippen LogP) is 1.59. The number of nitrogens with two attached hydrogens (primary N) is 4. The molecule has 0 heterocycles. The first-order chi connectivity index (χ1) is 6.61. The van der Waals surface area contributed by atoms with E-state index in [4.69, 9.17) is 22.9 Å². The Labute approximate surface area is 93.6 Å². The number of anilines is 4. The van der Waals surface area contributed by atoms with Crippen LogP contribution in [0.15, 0.2) is 24.3 Å². The zero-order chi connectivity index (χ0) is 10.3. The molecule has 0 radical (unpaired) electrons. The fourth-order valence-corrected chi connectivity index (χ4v) is 1.49. The first kappa shape index (κ1) is 11.3. The Balaban J connectivity index is 0.00000112. The summed E-state index contributed by atoms with van der Waals surface area (Å²) in [5.41, 5.74) is 25.2. The largest absolute Gasteiger partial charge is 0.397 e. The third-order valence-electron chi connectivity index (χ3n) is 2.35. The van der Waals surface area contributed by atoms with Gasteiger partial charge < -0.3 is 22.9 Å². The van der Waals surface area contributed by atoms with Crippen LogP contribution in [0, 0.1) is 0 Å². The van der Waals surface area contributed by atoms with Crippen molar-refractivity contribution in [1.82, 2.24) is 0 Å². The molecule has 0 spiro atoms. The Hall–Kier alpha value is -1.81. The van der Waals surface area contributed by atoms with E-state index in [1.165, 1.54) is 0 Å². The van der Waals surface area contributed by atoms with Crippen molar-refractivity contribution in [2.45, 2.75) is 0 Å². The fourth-order valence-electron chi connectivity index (χ4n) is 1.49. The average Bonchev–Trinajstić information content (AvgIpc) is 2.17. The van der Waals surface area contributed by atoms with E-state index in [9.17, 15) is 0 Å². The third-order valence-corrected chi connectivity index (χ3v) is 2.35. The van der Waals surface area contributed by atoms with E-state index in [1.807, 2.05) is 12.1 Å². The standard InChI is InChI=1S/C10H12N4.ClH/c11-7-3-1-5-6(10(7)14)2-4-8(12)9(5)13;/h1-4H,11-14H2;1H. The van der Waals surface area contributed by atoms with Crippen LogP contribution in [0.4, 0.5) is 22.7 Å². The zero-order valence-corrected chi connectivity index (χ0v) is 8.84. The summed E-state index contributed by atoms with van der Waals surface area (Å²) < 4.78 is 0. The van der Waals surface area contributed by atoms with Crippen molar-refractivity contribution in [2.75, 3.05) is 22.9 Å². The Morgan fingerprint density at radius 3 is 1.27 bits per heavy atom. The minimum absolute atomic E-state index is 0. The molecule has 0 saturated heterocycles. The summed E-state index contributed by atoms with van der Waals surface area (Å²) in [5, 5.41) is 1.69. The smallest absolute Gasteiger partial charge is 0.0628 e. The maximum absolute atomic E-state index is 5.82. The van der Waals surface area contributed by atoms with E-state index in [0.29, 0.717) is 22.7 Å². The number of benzene rings is 2. The lowest BCUT2D eigenvalue weighted by molar-refractivity contribution is 1.68. The Morgan fingerprint density at radius 1 is 0.600 bits per heavy atom. The lowest BCUT2D eigenvalue weighted by Crippen LogP contribution is -1.99. The summed E-state index contributed by atoms with van der Waals surface area (Å²) in [6.45, 7) is 0. The highest BCUT2D eigenvalue weighted by molar-refractivity contribution is 6.06. The second kappa shape index (κ2) is 3.74. The third kappa shape index (κ3) is 1.59. The topological polar surface area (TPSA) is 104 Å². The van der Waals surface area contributed by atoms with Crippen LogP contribution >= 0.6 is 12.4 Å². The van der Waals surface area contributed by atoms with Gasteiger partial charge >= 0.3 is 0 Å². The molecule has 8 N–H and O–H groups in total. The molecule has 2 aromatic rings. The summed E-state index contributed by atoms with van der Waals surface area (Å²) in [5.74, 6) is 0. The van der Waals surface area contributed by atoms with E-state index in [2.05, 4.69) is 0 Å². The Kier molecular flexibility index (Phi) is 2.81. The van der Waals surface area contributed by atoms with Crippen molar-refractivity contribution in [3.8, 4) is 0 Å². The molecule has 2 aromatic carbocycles. The van der Waals surface area contributed by atoms with Crippen LogP contribution in [-0.4, -0.2) is 0 Å². The summed E-state index contributed by atoms with van der Waals surface area (Å²) >= 11 is 0. The molecule has 0 amide bonds. The van der Waals surface area contributed by atoms with Crippen LogP contribution in [0.2, 0.25) is 0 Å². The molecule has 0 aliphatic carbocycles. The Morgan fingerprint density at radius 2 is 0.933 bits per heavy atom. The van der Waals surface area contributed by atoms with Crippen LogP contribution in [0.5, 0.6) is 0 Å². The van der Waals surface area contributed by atoms with E-state index >= 15 is 0 Å². The van der Waals surface area contributed by atoms with Gasteiger partial charge in [-0.1, -0.05) is 12.1 Å². The summed E-state index contributed by atoms with van der Waals surface area (Å²) in [6.07, 6.45) is 0. The average molecular weight is 225 g/mol. The molecule has 15 heavy (non-hydrogen) atoms. The van der Waals surface area contributed by atoms with Gasteiger partial charge in [-0.05, 0) is 12.1 Å². The van der Waals surface area contributed by atoms with Crippen LogP contribution in [0.25, 0.3) is 10.8 Å². The summed E-state index contributed by atoms with van der Waals surface area (Å²) in [6, 6.07) is 7.11. The van der Waals surface area contributed by atoms with Crippen molar-refractivity contribution >= 4 is 45.9 Å². The Bertz CT molecular complexity index is 463. The van der Waals surface area contributed by atoms with Crippen molar-refractivity contribution in [1.29, 1.82) is 0 Å². The van der Waals surface area contributed by atoms with Crippen molar-refractivity contribution < 1.29 is 0 Å². The van der Waals surface area contributed by atoms with Gasteiger partial charge in [-0.2, -0.15) is 0 Å². The SMILES string of the molecule is Cl.Nc1ccc2c(N)c(N)ccc2c1N. The van der Waals surface area contributed by atoms with Gasteiger partial charge in [0.1, 0.15) is 0 Å². The highest BCUT2D eigenvalue weighted by Gasteiger charge is 2.05. The monoisotopic (exact) mass is 224 g/mol. The van der Waals surface area contributed by atoms with Crippen molar-refractivity contribution in [2.24, 2.45) is 0 Å². The van der Waals surface area contributed by atoms with Crippen LogP contribution in [0.1, 0.15) is 0 Å². The highest BCUT2D eigenvalue weighted by atomic mass is 35.5. The second-order valence-corrected chi connectivity index (χ2v) is 3.23. The molecule has 0 aliphatic rings. The van der Waals surface area contributed by atoms with Gasteiger partial charge in [0.05, 0.1) is 22.7 Å². The number of hydrogen-bond acceptors (Lipinski definition) is 4. The number of halogens is 1. The molecule has 0 aliphatic heterocycles. The summed E-state index contributed by atoms with van der Waals surface area (Å²) in [4.78, 5) is 0. The normalized spacial score (nSPS) is 9.87. The number of rotatable bonds is 0. The van der Waals surface area contributed by atoms with Gasteiger partial charge in [0.15, 0.2) is 0 Å². The molecular formula is C10H13ClN4. The first-order valence-corrected chi connectivity index (χ1v) is 4.23. The van der Waals surface area contributed by atoms with E-state index < -0.39 is 0 Å². The van der Waals surface area contributed by atoms with Gasteiger partial charge in [0.2, 0.25) is 0 Å². The van der Waals surface area contributed by atoms with Gasteiger partial charge in [0.25, 0.3) is 0 Å². The molecule has 0 saturated carbocycles. The minimum Gasteiger partial charge on any atom is -0.397 e. The van der Waals surface area contributed by atoms with Crippen molar-refractivity contribution in [3.05, 3.63) is 24.3 Å². The maximum Gasteiger partial charge on any atom is 0.0628 e. The lowest BCUT2D eigenvalue weighted by Gasteiger charge is -2.09. The van der Waals surface area contributed by atoms with E-state index in [-0.39, 0.29) is 12.4 Å². The molecule has 2 rings (SSSR count). The van der Waals surface area contributed by atoms with Gasteiger partial charge in [-0.15, -0.1) is 12.4 Å². The molecular weight excluding hydrogens is 212 g/mol. The number of hydrogen-bond donors (Lipinski definition) is 4. The van der Waals surface area contributed by atoms with Crippen LogP contribution in [-0.2, 0) is 0 Å². The first-order valence-electron chi connectivity index (χ1n) is 4.23. The molecule has 80 valence electrons. The van der Waals surface area contributed by atoms with Gasteiger partial charge in [0, 0.05) is 10.8 Å². The maximum atomic E-state index is 5.82. The van der Waals surface area contributed by atoms with Gasteiger partial charge in [-0.25, -0.2) is 0 Å². The fraction of sp³-hybridized carbons (Fsp3) is 0. The second-order valence-electron chi connectivity index (χ2n) is 3.23. The number of nitrogen functional groups attached to an aromatic ring is 4. The van der Waals surface area contributed by atoms with Crippen molar-refractivity contribution in [3.63, 3.8) is 0 Å². The molecule has 0 atom stereocenters. The highest BCUT2D eigenvalue weighted by Crippen LogP contribution is 2.32. The molecule has 5 heteroatoms. The molecule has 0 aromatic heterocycles. The van der Waals surface area contributed by atoms with Gasteiger partial charge in [-0.3, -0.25) is 0 Å². The number of fused-ring (bicyclic) bond motifs is 1. The van der Waals surface area contributed by atoms with Crippen LogP contribution < -0.4 is 22.9 Å². The lowest BCUT2D eigenvalue weighted by atomic mass is 10.0. The molecule has 0 unspecified atom stereocenters. The quantitative estimate of drug-likeness (QED) is 0.510. The van der Waals surface area contributed by atoms with E-state index in [0.717, 1.165) is 10.8 Å². The van der Waals surface area contributed by atoms with Crippen LogP contribution in [0.3, 0.4) is 0 Å². The minimum atomic E-state index is 0. The zero-order valence-electron chi connectivity index (χ0n) is 8.03. The predicted molar refractivity (Wildman–Crippen MR) is 68.8 cm³/mol. The molecule has 0 bridgehead atoms.